The van der Waals surface area contributed by atoms with Gasteiger partial charge in [0.05, 0.1) is 11.5 Å². The fourth-order valence-corrected chi connectivity index (χ4v) is 8.74. The molecule has 202 valence electrons. The zero-order valence-electron chi connectivity index (χ0n) is 23.9. The second kappa shape index (κ2) is 7.23. The molecular weight excluding hydrogens is 496 g/mol. The van der Waals surface area contributed by atoms with E-state index in [0.717, 1.165) is 40.4 Å². The Morgan fingerprint density at radius 1 is 0.600 bits per heavy atom. The highest BCUT2D eigenvalue weighted by molar-refractivity contribution is 5.64. The van der Waals surface area contributed by atoms with Gasteiger partial charge in [-0.1, -0.05) is 66.9 Å². The summed E-state index contributed by atoms with van der Waals surface area (Å²) < 4.78 is 21.6. The monoisotopic (exact) mass is 530 g/mol. The molecule has 40 heavy (non-hydrogen) atoms. The summed E-state index contributed by atoms with van der Waals surface area (Å²) in [6.07, 6.45) is 0.766. The SMILES string of the molecule is Cc1ccc2c(c1)O[C@@]13C[C@@]2(C)[C@@]2(C)c4cc(C)ccc4O[C@@](c4cc(C)ccc4O)(Oc4ccc(C)cc41)[C@@H]32. The molecular formula is C36H34O4. The Morgan fingerprint density at radius 3 is 1.85 bits per heavy atom. The number of hydrogen-bond acceptors (Lipinski definition) is 4. The van der Waals surface area contributed by atoms with Crippen molar-refractivity contribution in [3.63, 3.8) is 0 Å². The van der Waals surface area contributed by atoms with Gasteiger partial charge in [-0.05, 0) is 69.7 Å². The quantitative estimate of drug-likeness (QED) is 0.273. The molecule has 4 aliphatic rings. The minimum Gasteiger partial charge on any atom is -0.507 e. The Hall–Kier alpha value is -3.92. The average Bonchev–Trinajstić information content (AvgIpc) is 3.08. The van der Waals surface area contributed by atoms with E-state index in [4.69, 9.17) is 14.2 Å². The Bertz CT molecular complexity index is 1770. The van der Waals surface area contributed by atoms with E-state index in [9.17, 15) is 5.11 Å². The maximum atomic E-state index is 11.5. The number of ether oxygens (including phenoxy) is 3. The summed E-state index contributed by atoms with van der Waals surface area (Å²) in [5, 5.41) is 11.5. The molecule has 2 bridgehead atoms. The van der Waals surface area contributed by atoms with Crippen molar-refractivity contribution in [2.24, 2.45) is 5.92 Å². The topological polar surface area (TPSA) is 47.9 Å². The summed E-state index contributed by atoms with van der Waals surface area (Å²) in [6, 6.07) is 25.1. The van der Waals surface area contributed by atoms with Crippen LogP contribution in [-0.4, -0.2) is 5.11 Å². The summed E-state index contributed by atoms with van der Waals surface area (Å²) in [5.74, 6) is 0.995. The Morgan fingerprint density at radius 2 is 1.15 bits per heavy atom. The molecule has 0 unspecified atom stereocenters. The van der Waals surface area contributed by atoms with Gasteiger partial charge in [-0.15, -0.1) is 0 Å². The van der Waals surface area contributed by atoms with Gasteiger partial charge in [-0.25, -0.2) is 0 Å². The zero-order valence-corrected chi connectivity index (χ0v) is 23.9. The van der Waals surface area contributed by atoms with Crippen LogP contribution >= 0.6 is 0 Å². The molecule has 3 heterocycles. The third-order valence-corrected chi connectivity index (χ3v) is 10.5. The van der Waals surface area contributed by atoms with Gasteiger partial charge in [0.1, 0.15) is 28.6 Å². The lowest BCUT2D eigenvalue weighted by atomic mass is 9.54. The van der Waals surface area contributed by atoms with E-state index in [-0.39, 0.29) is 17.1 Å². The molecule has 4 aromatic carbocycles. The normalized spacial score (nSPS) is 32.0. The molecule has 0 aromatic heterocycles. The van der Waals surface area contributed by atoms with Crippen LogP contribution in [0.15, 0.2) is 72.8 Å². The van der Waals surface area contributed by atoms with Crippen LogP contribution in [0.1, 0.15) is 64.8 Å². The maximum Gasteiger partial charge on any atom is 0.289 e. The van der Waals surface area contributed by atoms with E-state index in [1.807, 2.05) is 25.1 Å². The highest BCUT2D eigenvalue weighted by atomic mass is 16.7. The van der Waals surface area contributed by atoms with E-state index in [1.54, 1.807) is 6.07 Å². The third-order valence-electron chi connectivity index (χ3n) is 10.5. The second-order valence-electron chi connectivity index (χ2n) is 13.0. The zero-order chi connectivity index (χ0) is 27.8. The number of hydrogen-bond donors (Lipinski definition) is 1. The lowest BCUT2D eigenvalue weighted by molar-refractivity contribution is -0.245. The van der Waals surface area contributed by atoms with Crippen LogP contribution in [0.3, 0.4) is 0 Å². The van der Waals surface area contributed by atoms with Crippen molar-refractivity contribution in [2.45, 2.75) is 70.2 Å². The molecule has 3 aliphatic heterocycles. The summed E-state index contributed by atoms with van der Waals surface area (Å²) in [4.78, 5) is 0. The maximum absolute atomic E-state index is 11.5. The van der Waals surface area contributed by atoms with Crippen LogP contribution in [0.25, 0.3) is 0 Å². The first-order chi connectivity index (χ1) is 19.0. The van der Waals surface area contributed by atoms with E-state index in [0.29, 0.717) is 5.56 Å². The summed E-state index contributed by atoms with van der Waals surface area (Å²) in [5.41, 5.74) is 7.09. The number of phenolic OH excluding ortho intramolecular Hbond substituents is 1. The van der Waals surface area contributed by atoms with Gasteiger partial charge in [0, 0.05) is 33.9 Å². The largest absolute Gasteiger partial charge is 0.507 e. The smallest absolute Gasteiger partial charge is 0.289 e. The van der Waals surface area contributed by atoms with Crippen molar-refractivity contribution in [2.75, 3.05) is 0 Å². The lowest BCUT2D eigenvalue weighted by Crippen LogP contribution is -2.65. The van der Waals surface area contributed by atoms with Gasteiger partial charge < -0.3 is 19.3 Å². The average molecular weight is 531 g/mol. The first kappa shape index (κ1) is 23.9. The van der Waals surface area contributed by atoms with Gasteiger partial charge in [-0.2, -0.15) is 0 Å². The van der Waals surface area contributed by atoms with Gasteiger partial charge in [0.15, 0.2) is 0 Å². The Kier molecular flexibility index (Phi) is 4.32. The van der Waals surface area contributed by atoms with Crippen LogP contribution in [0, 0.1) is 33.6 Å². The number of phenols is 1. The Labute approximate surface area is 235 Å². The predicted molar refractivity (Wildman–Crippen MR) is 154 cm³/mol. The molecule has 5 atom stereocenters. The first-order valence-electron chi connectivity index (χ1n) is 14.2. The van der Waals surface area contributed by atoms with Gasteiger partial charge >= 0.3 is 0 Å². The molecule has 4 nitrogen and oxygen atoms in total. The van der Waals surface area contributed by atoms with E-state index in [1.165, 1.54) is 22.3 Å². The standard InChI is InChI=1S/C36H34O4/c1-20-8-12-28(37)25(15-20)36-32-34(6,26-16-21(2)9-13-29(26)39-36)33(5)19-35(32,27-17-22(3)10-14-30(27)40-36)38-31-18-23(4)7-11-24(31)33/h7-18,32,37H,19H2,1-6H3/t32-,33-,34+,35+,36+/m1/s1. The fourth-order valence-electron chi connectivity index (χ4n) is 8.74. The molecule has 1 spiro atoms. The highest BCUT2D eigenvalue weighted by Crippen LogP contribution is 2.78. The number of aromatic hydroxyl groups is 1. The first-order valence-corrected chi connectivity index (χ1v) is 14.2. The predicted octanol–water partition coefficient (Wildman–Crippen LogP) is 7.79. The minimum atomic E-state index is -1.32. The molecule has 0 saturated heterocycles. The van der Waals surface area contributed by atoms with Crippen LogP contribution in [-0.2, 0) is 22.2 Å². The van der Waals surface area contributed by atoms with Crippen molar-refractivity contribution in [1.82, 2.24) is 0 Å². The molecule has 1 fully saturated rings. The summed E-state index contributed by atoms with van der Waals surface area (Å²) in [7, 11) is 0. The van der Waals surface area contributed by atoms with Gasteiger partial charge in [0.25, 0.3) is 5.79 Å². The van der Waals surface area contributed by atoms with E-state index < -0.39 is 16.8 Å². The molecule has 4 aromatic rings. The van der Waals surface area contributed by atoms with E-state index in [2.05, 4.69) is 83.1 Å². The van der Waals surface area contributed by atoms with Crippen LogP contribution < -0.4 is 14.2 Å². The molecule has 1 aliphatic carbocycles. The van der Waals surface area contributed by atoms with Crippen molar-refractivity contribution in [1.29, 1.82) is 0 Å². The van der Waals surface area contributed by atoms with E-state index >= 15 is 0 Å². The molecule has 1 saturated carbocycles. The van der Waals surface area contributed by atoms with Crippen molar-refractivity contribution in [3.8, 4) is 23.0 Å². The minimum absolute atomic E-state index is 0.161. The number of aryl methyl sites for hydroxylation is 4. The highest BCUT2D eigenvalue weighted by Gasteiger charge is 2.82. The second-order valence-corrected chi connectivity index (χ2v) is 13.0. The van der Waals surface area contributed by atoms with Crippen LogP contribution in [0.4, 0.5) is 0 Å². The van der Waals surface area contributed by atoms with Crippen molar-refractivity contribution < 1.29 is 19.3 Å². The molecule has 0 amide bonds. The number of rotatable bonds is 1. The van der Waals surface area contributed by atoms with Gasteiger partial charge in [0.2, 0.25) is 0 Å². The molecule has 1 N–H and O–H groups in total. The fraction of sp³-hybridized carbons (Fsp3) is 0.333. The van der Waals surface area contributed by atoms with Crippen LogP contribution in [0.5, 0.6) is 23.0 Å². The molecule has 0 radical (unpaired) electrons. The van der Waals surface area contributed by atoms with Crippen molar-refractivity contribution in [3.05, 3.63) is 117 Å². The molecule has 8 rings (SSSR count). The Balaban J connectivity index is 1.58. The van der Waals surface area contributed by atoms with Crippen LogP contribution in [0.2, 0.25) is 0 Å². The number of fused-ring (bicyclic) bond motifs is 7. The van der Waals surface area contributed by atoms with Crippen molar-refractivity contribution >= 4 is 0 Å². The summed E-state index contributed by atoms with van der Waals surface area (Å²) >= 11 is 0. The summed E-state index contributed by atoms with van der Waals surface area (Å²) in [6.45, 7) is 13.2. The number of benzene rings is 4. The lowest BCUT2D eigenvalue weighted by Gasteiger charge is -2.57. The van der Waals surface area contributed by atoms with Gasteiger partial charge in [-0.3, -0.25) is 0 Å². The third kappa shape index (κ3) is 2.59. The molecule has 4 heteroatoms.